The summed E-state index contributed by atoms with van der Waals surface area (Å²) in [6.07, 6.45) is 1.85. The van der Waals surface area contributed by atoms with Crippen LogP contribution in [-0.4, -0.2) is 25.2 Å². The Morgan fingerprint density at radius 1 is 1.29 bits per heavy atom. The van der Waals surface area contributed by atoms with Gasteiger partial charge in [0.25, 0.3) is 0 Å². The Kier molecular flexibility index (Phi) is 4.45. The van der Waals surface area contributed by atoms with E-state index in [0.717, 1.165) is 0 Å². The lowest BCUT2D eigenvalue weighted by Gasteiger charge is -2.03. The molecule has 0 saturated carbocycles. The van der Waals surface area contributed by atoms with E-state index in [2.05, 4.69) is 6.58 Å². The van der Waals surface area contributed by atoms with E-state index in [0.29, 0.717) is 12.0 Å². The highest BCUT2D eigenvalue weighted by molar-refractivity contribution is 7.91. The molecule has 4 nitrogen and oxygen atoms in total. The molecule has 1 N–H and O–H groups in total. The van der Waals surface area contributed by atoms with Crippen LogP contribution in [0.3, 0.4) is 0 Å². The molecule has 0 aliphatic heterocycles. The summed E-state index contributed by atoms with van der Waals surface area (Å²) < 4.78 is 23.5. The number of sulfone groups is 1. The van der Waals surface area contributed by atoms with Crippen LogP contribution in [0.2, 0.25) is 0 Å². The molecule has 5 heteroatoms. The number of carboxylic acids is 1. The van der Waals surface area contributed by atoms with E-state index in [1.807, 2.05) is 0 Å². The number of benzene rings is 1. The zero-order chi connectivity index (χ0) is 12.9. The molecule has 0 fully saturated rings. The standard InChI is InChI=1S/C12H14O4S/c1-2-3-8-17(15,16)11-6-4-10(5-7-11)9-12(13)14/h2,4-7H,1,3,8-9H2,(H,13,14). The lowest BCUT2D eigenvalue weighted by molar-refractivity contribution is -0.136. The molecule has 0 bridgehead atoms. The minimum absolute atomic E-state index is 0.0226. The minimum atomic E-state index is -3.29. The molecule has 0 spiro atoms. The SMILES string of the molecule is C=CCCS(=O)(=O)c1ccc(CC(=O)O)cc1. The normalized spacial score (nSPS) is 11.1. The molecular weight excluding hydrogens is 240 g/mol. The largest absolute Gasteiger partial charge is 0.481 e. The summed E-state index contributed by atoms with van der Waals surface area (Å²) in [7, 11) is -3.29. The van der Waals surface area contributed by atoms with Crippen LogP contribution < -0.4 is 0 Å². The first-order valence-electron chi connectivity index (χ1n) is 5.10. The van der Waals surface area contributed by atoms with E-state index < -0.39 is 15.8 Å². The first-order valence-corrected chi connectivity index (χ1v) is 6.75. The molecule has 0 aliphatic rings. The van der Waals surface area contributed by atoms with E-state index >= 15 is 0 Å². The van der Waals surface area contributed by atoms with Crippen LogP contribution in [0, 0.1) is 0 Å². The van der Waals surface area contributed by atoms with Crippen molar-refractivity contribution in [2.75, 3.05) is 5.75 Å². The highest BCUT2D eigenvalue weighted by Crippen LogP contribution is 2.13. The third kappa shape index (κ3) is 4.03. The van der Waals surface area contributed by atoms with Gasteiger partial charge in [-0.3, -0.25) is 4.79 Å². The first-order chi connectivity index (χ1) is 7.95. The van der Waals surface area contributed by atoms with Gasteiger partial charge in [0.2, 0.25) is 0 Å². The van der Waals surface area contributed by atoms with Gasteiger partial charge in [-0.05, 0) is 24.1 Å². The van der Waals surface area contributed by atoms with Gasteiger partial charge < -0.3 is 5.11 Å². The molecule has 0 radical (unpaired) electrons. The zero-order valence-corrected chi connectivity index (χ0v) is 10.1. The van der Waals surface area contributed by atoms with E-state index in [1.165, 1.54) is 24.3 Å². The molecule has 0 heterocycles. The fourth-order valence-electron chi connectivity index (χ4n) is 1.35. The maximum Gasteiger partial charge on any atom is 0.307 e. The van der Waals surface area contributed by atoms with Crippen LogP contribution in [0.15, 0.2) is 41.8 Å². The van der Waals surface area contributed by atoms with Gasteiger partial charge >= 0.3 is 5.97 Å². The highest BCUT2D eigenvalue weighted by Gasteiger charge is 2.13. The van der Waals surface area contributed by atoms with Crippen molar-refractivity contribution < 1.29 is 18.3 Å². The molecular formula is C12H14O4S. The monoisotopic (exact) mass is 254 g/mol. The van der Waals surface area contributed by atoms with E-state index in [-0.39, 0.29) is 17.1 Å². The maximum atomic E-state index is 11.8. The highest BCUT2D eigenvalue weighted by atomic mass is 32.2. The second kappa shape index (κ2) is 5.63. The van der Waals surface area contributed by atoms with Gasteiger partial charge in [-0.25, -0.2) is 8.42 Å². The Morgan fingerprint density at radius 2 is 1.88 bits per heavy atom. The zero-order valence-electron chi connectivity index (χ0n) is 9.30. The Morgan fingerprint density at radius 3 is 2.35 bits per heavy atom. The molecule has 1 aromatic rings. The second-order valence-electron chi connectivity index (χ2n) is 3.61. The molecule has 0 aromatic heterocycles. The Labute approximate surface area is 101 Å². The molecule has 0 unspecified atom stereocenters. The van der Waals surface area contributed by atoms with Crippen molar-refractivity contribution in [3.63, 3.8) is 0 Å². The van der Waals surface area contributed by atoms with Gasteiger partial charge in [0.15, 0.2) is 9.84 Å². The van der Waals surface area contributed by atoms with Crippen molar-refractivity contribution in [1.82, 2.24) is 0 Å². The van der Waals surface area contributed by atoms with Crippen LogP contribution in [0.5, 0.6) is 0 Å². The summed E-state index contributed by atoms with van der Waals surface area (Å²) >= 11 is 0. The van der Waals surface area contributed by atoms with Gasteiger partial charge in [-0.2, -0.15) is 0 Å². The third-order valence-electron chi connectivity index (χ3n) is 2.23. The summed E-state index contributed by atoms with van der Waals surface area (Å²) in [5.41, 5.74) is 0.583. The maximum absolute atomic E-state index is 11.8. The molecule has 17 heavy (non-hydrogen) atoms. The van der Waals surface area contributed by atoms with Crippen molar-refractivity contribution in [2.24, 2.45) is 0 Å². The van der Waals surface area contributed by atoms with Crippen LogP contribution >= 0.6 is 0 Å². The first kappa shape index (κ1) is 13.4. The topological polar surface area (TPSA) is 71.4 Å². The van der Waals surface area contributed by atoms with Crippen molar-refractivity contribution in [3.05, 3.63) is 42.5 Å². The second-order valence-corrected chi connectivity index (χ2v) is 5.72. The quantitative estimate of drug-likeness (QED) is 0.784. The smallest absolute Gasteiger partial charge is 0.307 e. The molecule has 0 amide bonds. The van der Waals surface area contributed by atoms with Crippen molar-refractivity contribution in [3.8, 4) is 0 Å². The molecule has 1 aromatic carbocycles. The molecule has 92 valence electrons. The van der Waals surface area contributed by atoms with E-state index in [9.17, 15) is 13.2 Å². The lowest BCUT2D eigenvalue weighted by atomic mass is 10.2. The summed E-state index contributed by atoms with van der Waals surface area (Å²) in [6, 6.07) is 5.93. The number of hydrogen-bond donors (Lipinski definition) is 1. The number of carbonyl (C=O) groups is 1. The summed E-state index contributed by atoms with van der Waals surface area (Å²) in [4.78, 5) is 10.7. The summed E-state index contributed by atoms with van der Waals surface area (Å²) in [5, 5.41) is 8.58. The van der Waals surface area contributed by atoms with Gasteiger partial charge in [0, 0.05) is 0 Å². The van der Waals surface area contributed by atoms with E-state index in [1.54, 1.807) is 6.08 Å². The van der Waals surface area contributed by atoms with Crippen LogP contribution in [0.1, 0.15) is 12.0 Å². The number of aliphatic carboxylic acids is 1. The van der Waals surface area contributed by atoms with Crippen molar-refractivity contribution >= 4 is 15.8 Å². The Bertz CT molecular complexity index is 500. The van der Waals surface area contributed by atoms with E-state index in [4.69, 9.17) is 5.11 Å². The fraction of sp³-hybridized carbons (Fsp3) is 0.250. The van der Waals surface area contributed by atoms with Gasteiger partial charge in [-0.15, -0.1) is 6.58 Å². The Hall–Kier alpha value is -1.62. The van der Waals surface area contributed by atoms with Gasteiger partial charge in [0.1, 0.15) is 0 Å². The summed E-state index contributed by atoms with van der Waals surface area (Å²) in [6.45, 7) is 3.47. The predicted octanol–water partition coefficient (Wildman–Crippen LogP) is 1.66. The number of allylic oxidation sites excluding steroid dienone is 1. The van der Waals surface area contributed by atoms with Crippen LogP contribution in [0.25, 0.3) is 0 Å². The molecule has 0 saturated heterocycles. The Balaban J connectivity index is 2.86. The average molecular weight is 254 g/mol. The van der Waals surface area contributed by atoms with Crippen molar-refractivity contribution in [1.29, 1.82) is 0 Å². The van der Waals surface area contributed by atoms with Gasteiger partial charge in [0.05, 0.1) is 17.1 Å². The molecule has 0 atom stereocenters. The van der Waals surface area contributed by atoms with Crippen LogP contribution in [0.4, 0.5) is 0 Å². The minimum Gasteiger partial charge on any atom is -0.481 e. The molecule has 0 aliphatic carbocycles. The predicted molar refractivity (Wildman–Crippen MR) is 64.6 cm³/mol. The number of carboxylic acid groups (broad SMARTS) is 1. The van der Waals surface area contributed by atoms with Crippen LogP contribution in [-0.2, 0) is 21.1 Å². The van der Waals surface area contributed by atoms with Gasteiger partial charge in [-0.1, -0.05) is 18.2 Å². The third-order valence-corrected chi connectivity index (χ3v) is 3.99. The number of rotatable bonds is 6. The molecule has 1 rings (SSSR count). The average Bonchev–Trinajstić information content (AvgIpc) is 2.26. The van der Waals surface area contributed by atoms with Crippen molar-refractivity contribution in [2.45, 2.75) is 17.7 Å². The number of hydrogen-bond acceptors (Lipinski definition) is 3. The fourth-order valence-corrected chi connectivity index (χ4v) is 2.61. The lowest BCUT2D eigenvalue weighted by Crippen LogP contribution is -2.06. The summed E-state index contributed by atoms with van der Waals surface area (Å²) in [5.74, 6) is -0.915.